The van der Waals surface area contributed by atoms with Gasteiger partial charge >= 0.3 is 5.97 Å². The first-order chi connectivity index (χ1) is 10.2. The number of nitrogens with one attached hydrogen (secondary N) is 1. The molecule has 0 fully saturated rings. The molecule has 0 rings (SSSR count). The summed E-state index contributed by atoms with van der Waals surface area (Å²) in [6.07, 6.45) is 16.8. The molecule has 0 spiro atoms. The summed E-state index contributed by atoms with van der Waals surface area (Å²) in [7, 11) is 2.04. The van der Waals surface area contributed by atoms with Crippen molar-refractivity contribution >= 4 is 5.97 Å². The Morgan fingerprint density at radius 1 is 0.762 bits per heavy atom. The van der Waals surface area contributed by atoms with Crippen LogP contribution in [0.4, 0.5) is 0 Å². The standard InChI is InChI=1S/C14H31N.C4H8O2/c1-3-4-5-6-7-8-9-10-11-12-13-14-15-2;1-2-3-4(5)6/h15H,3-14H2,1-2H3;2-3H2,1H3,(H,5,6). The van der Waals surface area contributed by atoms with E-state index in [1.54, 1.807) is 0 Å². The molecule has 0 aromatic carbocycles. The molecule has 0 bridgehead atoms. The fraction of sp³-hybridized carbons (Fsp3) is 0.944. The number of carboxylic acids is 1. The maximum Gasteiger partial charge on any atom is 0.303 e. The predicted octanol–water partition coefficient (Wildman–Crippen LogP) is 5.39. The maximum atomic E-state index is 9.60. The minimum Gasteiger partial charge on any atom is -0.481 e. The first-order valence-electron chi connectivity index (χ1n) is 9.05. The normalized spacial score (nSPS) is 10.0. The van der Waals surface area contributed by atoms with Gasteiger partial charge in [-0.25, -0.2) is 0 Å². The average molecular weight is 302 g/mol. The summed E-state index contributed by atoms with van der Waals surface area (Å²) in [6, 6.07) is 0. The van der Waals surface area contributed by atoms with Crippen LogP contribution < -0.4 is 5.32 Å². The molecule has 128 valence electrons. The molecular formula is C18H39NO2. The third kappa shape index (κ3) is 28.3. The van der Waals surface area contributed by atoms with E-state index in [0.717, 1.165) is 6.42 Å². The van der Waals surface area contributed by atoms with Crippen molar-refractivity contribution in [1.82, 2.24) is 5.32 Å². The second kappa shape index (κ2) is 21.7. The average Bonchev–Trinajstić information content (AvgIpc) is 2.45. The zero-order valence-electron chi connectivity index (χ0n) is 14.8. The van der Waals surface area contributed by atoms with Crippen LogP contribution in [0.25, 0.3) is 0 Å². The van der Waals surface area contributed by atoms with Gasteiger partial charge in [0.25, 0.3) is 0 Å². The Labute approximate surface area is 132 Å². The van der Waals surface area contributed by atoms with Crippen molar-refractivity contribution in [3.63, 3.8) is 0 Å². The number of unbranched alkanes of at least 4 members (excludes halogenated alkanes) is 10. The van der Waals surface area contributed by atoms with Crippen LogP contribution in [0.2, 0.25) is 0 Å². The first-order valence-corrected chi connectivity index (χ1v) is 9.05. The van der Waals surface area contributed by atoms with Gasteiger partial charge in [-0.2, -0.15) is 0 Å². The zero-order chi connectivity index (χ0) is 16.2. The number of aliphatic carboxylic acids is 1. The Balaban J connectivity index is 0. The third-order valence-corrected chi connectivity index (χ3v) is 3.49. The molecule has 0 amide bonds. The van der Waals surface area contributed by atoms with Crippen molar-refractivity contribution in [2.45, 2.75) is 97.3 Å². The molecule has 0 aromatic heterocycles. The Morgan fingerprint density at radius 2 is 1.19 bits per heavy atom. The molecule has 3 heteroatoms. The smallest absolute Gasteiger partial charge is 0.303 e. The van der Waals surface area contributed by atoms with E-state index in [4.69, 9.17) is 5.11 Å². The zero-order valence-corrected chi connectivity index (χ0v) is 14.8. The summed E-state index contributed by atoms with van der Waals surface area (Å²) < 4.78 is 0. The molecular weight excluding hydrogens is 262 g/mol. The summed E-state index contributed by atoms with van der Waals surface area (Å²) in [4.78, 5) is 9.60. The van der Waals surface area contributed by atoms with Gasteiger partial charge in [0.05, 0.1) is 0 Å². The van der Waals surface area contributed by atoms with E-state index in [9.17, 15) is 4.79 Å². The van der Waals surface area contributed by atoms with Gasteiger partial charge in [0, 0.05) is 6.42 Å². The summed E-state index contributed by atoms with van der Waals surface area (Å²) in [5.41, 5.74) is 0. The molecule has 0 saturated heterocycles. The molecule has 0 aromatic rings. The van der Waals surface area contributed by atoms with Gasteiger partial charge in [0.15, 0.2) is 0 Å². The van der Waals surface area contributed by atoms with E-state index in [1.807, 2.05) is 14.0 Å². The molecule has 0 radical (unpaired) electrons. The van der Waals surface area contributed by atoms with Crippen molar-refractivity contribution in [2.24, 2.45) is 0 Å². The van der Waals surface area contributed by atoms with E-state index in [0.29, 0.717) is 6.42 Å². The number of carbonyl (C=O) groups is 1. The van der Waals surface area contributed by atoms with Crippen LogP contribution in [0.5, 0.6) is 0 Å². The Morgan fingerprint density at radius 3 is 1.48 bits per heavy atom. The third-order valence-electron chi connectivity index (χ3n) is 3.49. The van der Waals surface area contributed by atoms with E-state index in [2.05, 4.69) is 12.2 Å². The number of rotatable bonds is 14. The molecule has 3 nitrogen and oxygen atoms in total. The summed E-state index contributed by atoms with van der Waals surface area (Å²) in [5.74, 6) is -0.711. The largest absolute Gasteiger partial charge is 0.481 e. The molecule has 0 aliphatic carbocycles. The van der Waals surface area contributed by atoms with E-state index in [1.165, 1.54) is 77.2 Å². The molecule has 0 heterocycles. The van der Waals surface area contributed by atoms with Crippen LogP contribution in [0, 0.1) is 0 Å². The van der Waals surface area contributed by atoms with Gasteiger partial charge in [-0.15, -0.1) is 0 Å². The topological polar surface area (TPSA) is 49.3 Å². The van der Waals surface area contributed by atoms with Crippen LogP contribution >= 0.6 is 0 Å². The van der Waals surface area contributed by atoms with Gasteiger partial charge in [-0.1, -0.05) is 78.1 Å². The van der Waals surface area contributed by atoms with Crippen LogP contribution in [0.1, 0.15) is 97.3 Å². The lowest BCUT2D eigenvalue weighted by Crippen LogP contribution is -2.06. The van der Waals surface area contributed by atoms with Gasteiger partial charge < -0.3 is 10.4 Å². The fourth-order valence-electron chi connectivity index (χ4n) is 2.18. The van der Waals surface area contributed by atoms with E-state index < -0.39 is 5.97 Å². The molecule has 2 N–H and O–H groups in total. The molecule has 0 atom stereocenters. The Bertz CT molecular complexity index is 184. The Hall–Kier alpha value is -0.570. The van der Waals surface area contributed by atoms with Gasteiger partial charge in [-0.3, -0.25) is 4.79 Å². The number of hydrogen-bond donors (Lipinski definition) is 2. The maximum absolute atomic E-state index is 9.60. The number of hydrogen-bond acceptors (Lipinski definition) is 2. The van der Waals surface area contributed by atoms with E-state index in [-0.39, 0.29) is 0 Å². The highest BCUT2D eigenvalue weighted by Gasteiger charge is 1.92. The van der Waals surface area contributed by atoms with Crippen molar-refractivity contribution in [2.75, 3.05) is 13.6 Å². The van der Waals surface area contributed by atoms with Gasteiger partial charge in [0.1, 0.15) is 0 Å². The van der Waals surface area contributed by atoms with Crippen LogP contribution in [-0.2, 0) is 4.79 Å². The monoisotopic (exact) mass is 301 g/mol. The predicted molar refractivity (Wildman–Crippen MR) is 92.9 cm³/mol. The fourth-order valence-corrected chi connectivity index (χ4v) is 2.18. The summed E-state index contributed by atoms with van der Waals surface area (Å²) in [6.45, 7) is 5.32. The minimum absolute atomic E-state index is 0.292. The van der Waals surface area contributed by atoms with Crippen molar-refractivity contribution in [3.05, 3.63) is 0 Å². The minimum atomic E-state index is -0.711. The molecule has 0 aliphatic heterocycles. The van der Waals surface area contributed by atoms with Crippen molar-refractivity contribution in [3.8, 4) is 0 Å². The van der Waals surface area contributed by atoms with E-state index >= 15 is 0 Å². The summed E-state index contributed by atoms with van der Waals surface area (Å²) in [5, 5.41) is 11.1. The molecule has 0 saturated carbocycles. The van der Waals surface area contributed by atoms with Crippen LogP contribution in [0.3, 0.4) is 0 Å². The lowest BCUT2D eigenvalue weighted by Gasteiger charge is -2.02. The first kappa shape index (κ1) is 22.7. The SMILES string of the molecule is CCCC(=O)O.CCCCCCCCCCCCCNC. The van der Waals surface area contributed by atoms with Gasteiger partial charge in [-0.05, 0) is 26.4 Å². The quantitative estimate of drug-likeness (QED) is 0.423. The highest BCUT2D eigenvalue weighted by Crippen LogP contribution is 2.10. The lowest BCUT2D eigenvalue weighted by molar-refractivity contribution is -0.137. The highest BCUT2D eigenvalue weighted by molar-refractivity contribution is 5.66. The second-order valence-corrected chi connectivity index (χ2v) is 5.78. The highest BCUT2D eigenvalue weighted by atomic mass is 16.4. The Kier molecular flexibility index (Phi) is 23.5. The second-order valence-electron chi connectivity index (χ2n) is 5.78. The lowest BCUT2D eigenvalue weighted by atomic mass is 10.1. The van der Waals surface area contributed by atoms with Crippen LogP contribution in [-0.4, -0.2) is 24.7 Å². The van der Waals surface area contributed by atoms with Crippen molar-refractivity contribution in [1.29, 1.82) is 0 Å². The molecule has 0 unspecified atom stereocenters. The van der Waals surface area contributed by atoms with Crippen molar-refractivity contribution < 1.29 is 9.90 Å². The number of carboxylic acid groups (broad SMARTS) is 1. The van der Waals surface area contributed by atoms with Crippen LogP contribution in [0.15, 0.2) is 0 Å². The molecule has 21 heavy (non-hydrogen) atoms. The van der Waals surface area contributed by atoms with Gasteiger partial charge in [0.2, 0.25) is 0 Å². The molecule has 0 aliphatic rings. The summed E-state index contributed by atoms with van der Waals surface area (Å²) >= 11 is 0.